The highest BCUT2D eigenvalue weighted by Gasteiger charge is 2.58. The lowest BCUT2D eigenvalue weighted by Crippen LogP contribution is -2.04. The first-order valence-corrected chi connectivity index (χ1v) is 8.05. The predicted octanol–water partition coefficient (Wildman–Crippen LogP) is 3.58. The van der Waals surface area contributed by atoms with Gasteiger partial charge in [-0.2, -0.15) is 0 Å². The topological polar surface area (TPSA) is 0 Å². The Morgan fingerprint density at radius 1 is 1.12 bits per heavy atom. The van der Waals surface area contributed by atoms with Gasteiger partial charge in [-0.25, -0.2) is 0 Å². The summed E-state index contributed by atoms with van der Waals surface area (Å²) in [4.78, 5) is 0. The second kappa shape index (κ2) is 3.20. The Balaban J connectivity index is 1.84. The average molecular weight is 226 g/mol. The standard InChI is InChI=1S/C15H18Si/c1-11-9-15(3)14(12(11)2)16(15)10-13-7-5-4-6-8-13/h4-9,16H,10H2,1-3H3. The fourth-order valence-electron chi connectivity index (χ4n) is 3.31. The molecule has 2 aliphatic rings. The highest BCUT2D eigenvalue weighted by molar-refractivity contribution is 6.85. The van der Waals surface area contributed by atoms with E-state index in [2.05, 4.69) is 57.2 Å². The molecule has 16 heavy (non-hydrogen) atoms. The summed E-state index contributed by atoms with van der Waals surface area (Å²) in [5, 5.41) is 2.36. The van der Waals surface area contributed by atoms with Gasteiger partial charge in [0.2, 0.25) is 0 Å². The van der Waals surface area contributed by atoms with Crippen molar-refractivity contribution in [3.05, 3.63) is 58.3 Å². The van der Waals surface area contributed by atoms with Crippen LogP contribution in [0.4, 0.5) is 0 Å². The van der Waals surface area contributed by atoms with E-state index in [1.165, 1.54) is 17.2 Å². The second-order valence-corrected chi connectivity index (χ2v) is 8.68. The van der Waals surface area contributed by atoms with Gasteiger partial charge < -0.3 is 0 Å². The maximum absolute atomic E-state index is 2.53. The first-order valence-electron chi connectivity index (χ1n) is 6.08. The second-order valence-electron chi connectivity index (χ2n) is 5.39. The lowest BCUT2D eigenvalue weighted by atomic mass is 10.2. The fraction of sp³-hybridized carbons (Fsp3) is 0.333. The Bertz CT molecular complexity index is 495. The first-order chi connectivity index (χ1) is 7.63. The summed E-state index contributed by atoms with van der Waals surface area (Å²) in [6.07, 6.45) is 2.53. The van der Waals surface area contributed by atoms with E-state index in [1.807, 2.05) is 5.20 Å². The van der Waals surface area contributed by atoms with Crippen LogP contribution in [0.2, 0.25) is 5.04 Å². The molecule has 82 valence electrons. The van der Waals surface area contributed by atoms with Crippen LogP contribution in [0.15, 0.2) is 52.8 Å². The number of hydrogen-bond donors (Lipinski definition) is 0. The smallest absolute Gasteiger partial charge is 0.0744 e. The Morgan fingerprint density at radius 3 is 2.38 bits per heavy atom. The van der Waals surface area contributed by atoms with Crippen LogP contribution in [0.25, 0.3) is 0 Å². The molecule has 1 aliphatic heterocycles. The zero-order valence-corrected chi connectivity index (χ0v) is 11.4. The van der Waals surface area contributed by atoms with Crippen LogP contribution in [-0.4, -0.2) is 8.80 Å². The van der Waals surface area contributed by atoms with E-state index < -0.39 is 8.80 Å². The quantitative estimate of drug-likeness (QED) is 0.676. The van der Waals surface area contributed by atoms with Crippen molar-refractivity contribution >= 4 is 8.80 Å². The van der Waals surface area contributed by atoms with E-state index in [9.17, 15) is 0 Å². The molecule has 0 N–H and O–H groups in total. The molecule has 0 aromatic heterocycles. The van der Waals surface area contributed by atoms with Gasteiger partial charge in [0.25, 0.3) is 0 Å². The first kappa shape index (κ1) is 10.1. The fourth-order valence-corrected chi connectivity index (χ4v) is 7.61. The maximum Gasteiger partial charge on any atom is 0.0852 e. The predicted molar refractivity (Wildman–Crippen MR) is 72.1 cm³/mol. The van der Waals surface area contributed by atoms with Crippen LogP contribution in [-0.2, 0) is 6.04 Å². The maximum atomic E-state index is 2.53. The summed E-state index contributed by atoms with van der Waals surface area (Å²) in [5.74, 6) is 0. The molecule has 1 aromatic carbocycles. The molecule has 1 aliphatic carbocycles. The molecule has 0 radical (unpaired) electrons. The van der Waals surface area contributed by atoms with Gasteiger partial charge in [-0.1, -0.05) is 65.2 Å². The molecule has 1 aromatic rings. The molecule has 1 saturated heterocycles. The largest absolute Gasteiger partial charge is 0.0852 e. The van der Waals surface area contributed by atoms with Crippen LogP contribution >= 0.6 is 0 Å². The van der Waals surface area contributed by atoms with E-state index in [4.69, 9.17) is 0 Å². The lowest BCUT2D eigenvalue weighted by Gasteiger charge is -2.05. The van der Waals surface area contributed by atoms with Gasteiger partial charge in [0, 0.05) is 0 Å². The number of allylic oxidation sites excluding steroid dienone is 4. The number of benzene rings is 1. The molecule has 0 nitrogen and oxygen atoms in total. The minimum absolute atomic E-state index is 0.532. The van der Waals surface area contributed by atoms with Crippen molar-refractivity contribution in [2.75, 3.05) is 0 Å². The molecule has 1 fully saturated rings. The van der Waals surface area contributed by atoms with Crippen molar-refractivity contribution in [3.63, 3.8) is 0 Å². The highest BCUT2D eigenvalue weighted by atomic mass is 28.3. The Kier molecular flexibility index (Phi) is 2.02. The third-order valence-electron chi connectivity index (χ3n) is 4.36. The Labute approximate surface area is 99.3 Å². The summed E-state index contributed by atoms with van der Waals surface area (Å²) in [6.45, 7) is 7.01. The normalized spacial score (nSPS) is 31.4. The number of rotatable bonds is 2. The SMILES string of the molecule is CC1=CC2(C)C(=C1C)[SiH]2Cc1ccccc1. The zero-order chi connectivity index (χ0) is 11.3. The average Bonchev–Trinajstić information content (AvgIpc) is 2.73. The molecular formula is C15H18Si. The molecule has 3 rings (SSSR count). The molecule has 2 unspecified atom stereocenters. The highest BCUT2D eigenvalue weighted by Crippen LogP contribution is 2.65. The molecule has 0 saturated carbocycles. The van der Waals surface area contributed by atoms with Crippen molar-refractivity contribution in [2.45, 2.75) is 31.9 Å². The minimum Gasteiger partial charge on any atom is -0.0744 e. The van der Waals surface area contributed by atoms with Crippen molar-refractivity contribution in [1.29, 1.82) is 0 Å². The van der Waals surface area contributed by atoms with Crippen LogP contribution in [0, 0.1) is 0 Å². The summed E-state index contributed by atoms with van der Waals surface area (Å²) in [7, 11) is -0.678. The van der Waals surface area contributed by atoms with E-state index in [1.54, 1.807) is 5.57 Å². The van der Waals surface area contributed by atoms with Gasteiger partial charge in [-0.05, 0) is 24.9 Å². The zero-order valence-electron chi connectivity index (χ0n) is 10.2. The van der Waals surface area contributed by atoms with Crippen LogP contribution in [0.3, 0.4) is 0 Å². The van der Waals surface area contributed by atoms with Crippen molar-refractivity contribution in [3.8, 4) is 0 Å². The molecule has 2 atom stereocenters. The van der Waals surface area contributed by atoms with E-state index in [0.717, 1.165) is 0 Å². The molecule has 0 amide bonds. The third-order valence-corrected chi connectivity index (χ3v) is 8.59. The van der Waals surface area contributed by atoms with Gasteiger partial charge in [-0.3, -0.25) is 0 Å². The van der Waals surface area contributed by atoms with Gasteiger partial charge in [0.05, 0.1) is 8.80 Å². The van der Waals surface area contributed by atoms with E-state index in [0.29, 0.717) is 5.04 Å². The lowest BCUT2D eigenvalue weighted by molar-refractivity contribution is 1.04. The summed E-state index contributed by atoms with van der Waals surface area (Å²) >= 11 is 0. The van der Waals surface area contributed by atoms with Crippen molar-refractivity contribution in [1.82, 2.24) is 0 Å². The summed E-state index contributed by atoms with van der Waals surface area (Å²) in [6, 6.07) is 12.3. The van der Waals surface area contributed by atoms with Crippen LogP contribution in [0.1, 0.15) is 26.3 Å². The van der Waals surface area contributed by atoms with Gasteiger partial charge in [-0.15, -0.1) is 0 Å². The van der Waals surface area contributed by atoms with E-state index >= 15 is 0 Å². The van der Waals surface area contributed by atoms with E-state index in [-0.39, 0.29) is 0 Å². The van der Waals surface area contributed by atoms with Crippen molar-refractivity contribution in [2.24, 2.45) is 0 Å². The number of fused-ring (bicyclic) bond motifs is 1. The number of hydrogen-bond acceptors (Lipinski definition) is 0. The van der Waals surface area contributed by atoms with Gasteiger partial charge >= 0.3 is 0 Å². The van der Waals surface area contributed by atoms with Crippen LogP contribution < -0.4 is 0 Å². The van der Waals surface area contributed by atoms with Crippen molar-refractivity contribution < 1.29 is 0 Å². The molecule has 0 bridgehead atoms. The van der Waals surface area contributed by atoms with Gasteiger partial charge in [0.1, 0.15) is 0 Å². The Morgan fingerprint density at radius 2 is 1.81 bits per heavy atom. The monoisotopic (exact) mass is 226 g/mol. The molecule has 0 spiro atoms. The molecule has 1 heterocycles. The molecule has 1 heteroatoms. The Hall–Kier alpha value is -1.08. The summed E-state index contributed by atoms with van der Waals surface area (Å²) < 4.78 is 0. The third kappa shape index (κ3) is 1.28. The molecular weight excluding hydrogens is 208 g/mol. The van der Waals surface area contributed by atoms with Gasteiger partial charge in [0.15, 0.2) is 0 Å². The minimum atomic E-state index is -0.678. The van der Waals surface area contributed by atoms with Crippen LogP contribution in [0.5, 0.6) is 0 Å². The summed E-state index contributed by atoms with van der Waals surface area (Å²) in [5.41, 5.74) is 4.66.